The van der Waals surface area contributed by atoms with Crippen LogP contribution in [0.2, 0.25) is 0 Å². The van der Waals surface area contributed by atoms with Crippen molar-refractivity contribution in [2.24, 2.45) is 0 Å². The number of carboxylic acid groups (broad SMARTS) is 1. The molecule has 8 heteroatoms. The third-order valence-electron chi connectivity index (χ3n) is 4.62. The Morgan fingerprint density at radius 3 is 2.92 bits per heavy atom. The quantitative estimate of drug-likeness (QED) is 0.861. The predicted octanol–water partition coefficient (Wildman–Crippen LogP) is 0.907. The van der Waals surface area contributed by atoms with E-state index in [1.807, 2.05) is 6.07 Å². The van der Waals surface area contributed by atoms with E-state index in [-0.39, 0.29) is 12.5 Å². The van der Waals surface area contributed by atoms with Crippen molar-refractivity contribution in [3.8, 4) is 0 Å². The van der Waals surface area contributed by atoms with Gasteiger partial charge < -0.3 is 19.8 Å². The van der Waals surface area contributed by atoms with Crippen molar-refractivity contribution in [1.29, 1.82) is 0 Å². The fourth-order valence-corrected chi connectivity index (χ4v) is 3.14. The molecule has 2 aromatic heterocycles. The van der Waals surface area contributed by atoms with Crippen LogP contribution < -0.4 is 5.32 Å². The van der Waals surface area contributed by atoms with Gasteiger partial charge in [-0.1, -0.05) is 5.16 Å². The van der Waals surface area contributed by atoms with Crippen LogP contribution in [0.3, 0.4) is 0 Å². The number of hydrogen-bond donors (Lipinski definition) is 2. The predicted molar refractivity (Wildman–Crippen MR) is 83.8 cm³/mol. The second-order valence-electron chi connectivity index (χ2n) is 6.41. The van der Waals surface area contributed by atoms with E-state index in [1.54, 1.807) is 11.8 Å². The Morgan fingerprint density at radius 2 is 2.21 bits per heavy atom. The Morgan fingerprint density at radius 1 is 1.42 bits per heavy atom. The van der Waals surface area contributed by atoms with E-state index in [2.05, 4.69) is 15.5 Å². The maximum absolute atomic E-state index is 13.0. The number of piperazine rings is 1. The monoisotopic (exact) mass is 330 g/mol. The summed E-state index contributed by atoms with van der Waals surface area (Å²) in [6.45, 7) is 2.84. The normalized spacial score (nSPS) is 21.2. The van der Waals surface area contributed by atoms with Crippen molar-refractivity contribution in [3.05, 3.63) is 23.0 Å². The van der Waals surface area contributed by atoms with Gasteiger partial charge in [0.1, 0.15) is 6.04 Å². The smallest absolute Gasteiger partial charge is 0.322 e. The number of fused-ring (bicyclic) bond motifs is 1. The molecule has 24 heavy (non-hydrogen) atoms. The molecule has 1 aliphatic carbocycles. The number of nitrogens with zero attached hydrogens (tertiary/aromatic N) is 3. The molecular formula is C16H18N4O4. The Kier molecular flexibility index (Phi) is 3.49. The third kappa shape index (κ3) is 2.52. The minimum atomic E-state index is -0.952. The molecule has 1 saturated carbocycles. The van der Waals surface area contributed by atoms with Crippen molar-refractivity contribution in [3.63, 3.8) is 0 Å². The highest BCUT2D eigenvalue weighted by Crippen LogP contribution is 2.40. The first-order valence-electron chi connectivity index (χ1n) is 8.07. The molecule has 1 amide bonds. The zero-order valence-corrected chi connectivity index (χ0v) is 13.3. The Labute approximate surface area is 137 Å². The molecule has 1 unspecified atom stereocenters. The first kappa shape index (κ1) is 15.1. The van der Waals surface area contributed by atoms with Crippen LogP contribution in [0.15, 0.2) is 10.6 Å². The standard InChI is InChI=1S/C16H18N4O4/c1-8-13-10(6-11(9-2-3-9)18-14(13)24-19-8)15(21)20-5-4-17-12(7-20)16(22)23/h6,9,12,17H,2-5,7H2,1H3,(H,22,23). The number of aliphatic carboxylic acids is 1. The molecule has 0 radical (unpaired) electrons. The first-order valence-corrected chi connectivity index (χ1v) is 8.07. The lowest BCUT2D eigenvalue weighted by atomic mass is 10.1. The van der Waals surface area contributed by atoms with Crippen LogP contribution in [0.1, 0.15) is 40.5 Å². The van der Waals surface area contributed by atoms with Gasteiger partial charge in [0.2, 0.25) is 0 Å². The van der Waals surface area contributed by atoms with Crippen molar-refractivity contribution < 1.29 is 19.2 Å². The lowest BCUT2D eigenvalue weighted by Crippen LogP contribution is -2.55. The molecule has 0 bridgehead atoms. The van der Waals surface area contributed by atoms with Crippen LogP contribution in [0, 0.1) is 6.92 Å². The van der Waals surface area contributed by atoms with Gasteiger partial charge >= 0.3 is 5.97 Å². The third-order valence-corrected chi connectivity index (χ3v) is 4.62. The minimum absolute atomic E-state index is 0.140. The van der Waals surface area contributed by atoms with Crippen LogP contribution >= 0.6 is 0 Å². The number of rotatable bonds is 3. The fourth-order valence-electron chi connectivity index (χ4n) is 3.14. The van der Waals surface area contributed by atoms with Gasteiger partial charge in [-0.2, -0.15) is 0 Å². The zero-order valence-electron chi connectivity index (χ0n) is 13.3. The molecule has 2 aromatic rings. The number of hydrogen-bond acceptors (Lipinski definition) is 6. The number of amides is 1. The van der Waals surface area contributed by atoms with Crippen molar-refractivity contribution in [2.45, 2.75) is 31.7 Å². The van der Waals surface area contributed by atoms with E-state index in [9.17, 15) is 14.7 Å². The second kappa shape index (κ2) is 5.55. The fraction of sp³-hybridized carbons (Fsp3) is 0.500. The Hall–Kier alpha value is -2.48. The molecule has 2 aliphatic rings. The van der Waals surface area contributed by atoms with E-state index >= 15 is 0 Å². The van der Waals surface area contributed by atoms with Crippen molar-refractivity contribution in [2.75, 3.05) is 19.6 Å². The summed E-state index contributed by atoms with van der Waals surface area (Å²) in [6, 6.07) is 1.08. The average molecular weight is 330 g/mol. The van der Waals surface area contributed by atoms with Crippen LogP contribution in [-0.4, -0.2) is 57.7 Å². The number of carbonyl (C=O) groups excluding carboxylic acids is 1. The van der Waals surface area contributed by atoms with Crippen LogP contribution in [0.4, 0.5) is 0 Å². The minimum Gasteiger partial charge on any atom is -0.480 e. The van der Waals surface area contributed by atoms with E-state index in [0.717, 1.165) is 18.5 Å². The van der Waals surface area contributed by atoms with Gasteiger partial charge in [-0.25, -0.2) is 4.98 Å². The molecule has 2 N–H and O–H groups in total. The first-order chi connectivity index (χ1) is 11.5. The molecule has 4 rings (SSSR count). The lowest BCUT2D eigenvalue weighted by Gasteiger charge is -2.31. The van der Waals surface area contributed by atoms with Crippen molar-refractivity contribution >= 4 is 23.0 Å². The summed E-state index contributed by atoms with van der Waals surface area (Å²) in [5, 5.41) is 16.6. The molecule has 8 nitrogen and oxygen atoms in total. The molecule has 3 heterocycles. The number of aryl methyl sites for hydroxylation is 1. The van der Waals surface area contributed by atoms with Gasteiger partial charge in [-0.3, -0.25) is 9.59 Å². The average Bonchev–Trinajstić information content (AvgIpc) is 3.37. The number of carboxylic acids is 1. The second-order valence-corrected chi connectivity index (χ2v) is 6.41. The van der Waals surface area contributed by atoms with Crippen LogP contribution in [-0.2, 0) is 4.79 Å². The van der Waals surface area contributed by atoms with Gasteiger partial charge in [-0.15, -0.1) is 0 Å². The summed E-state index contributed by atoms with van der Waals surface area (Å²) in [6.07, 6.45) is 2.13. The highest BCUT2D eigenvalue weighted by atomic mass is 16.5. The molecule has 2 fully saturated rings. The number of aromatic nitrogens is 2. The lowest BCUT2D eigenvalue weighted by molar-refractivity contribution is -0.140. The maximum Gasteiger partial charge on any atom is 0.322 e. The molecule has 126 valence electrons. The molecule has 1 saturated heterocycles. The van der Waals surface area contributed by atoms with Gasteiger partial charge in [-0.05, 0) is 25.8 Å². The van der Waals surface area contributed by atoms with Crippen LogP contribution in [0.25, 0.3) is 11.1 Å². The highest BCUT2D eigenvalue weighted by molar-refractivity contribution is 6.06. The van der Waals surface area contributed by atoms with Crippen LogP contribution in [0.5, 0.6) is 0 Å². The maximum atomic E-state index is 13.0. The zero-order chi connectivity index (χ0) is 16.8. The number of nitrogens with one attached hydrogen (secondary N) is 1. The number of carbonyl (C=O) groups is 2. The SMILES string of the molecule is Cc1noc2nc(C3CC3)cc(C(=O)N3CCNC(C(=O)O)C3)c12. The van der Waals surface area contributed by atoms with Gasteiger partial charge in [0.15, 0.2) is 0 Å². The highest BCUT2D eigenvalue weighted by Gasteiger charge is 2.32. The molecule has 1 atom stereocenters. The molecule has 0 spiro atoms. The van der Waals surface area contributed by atoms with E-state index in [1.165, 1.54) is 0 Å². The summed E-state index contributed by atoms with van der Waals surface area (Å²) in [4.78, 5) is 30.3. The summed E-state index contributed by atoms with van der Waals surface area (Å²) >= 11 is 0. The Bertz CT molecular complexity index is 827. The summed E-state index contributed by atoms with van der Waals surface area (Å²) in [7, 11) is 0. The molecule has 0 aromatic carbocycles. The molecule has 1 aliphatic heterocycles. The van der Waals surface area contributed by atoms with E-state index < -0.39 is 12.0 Å². The van der Waals surface area contributed by atoms with Gasteiger partial charge in [0.05, 0.1) is 16.6 Å². The van der Waals surface area contributed by atoms with Gasteiger partial charge in [0, 0.05) is 31.2 Å². The largest absolute Gasteiger partial charge is 0.480 e. The van der Waals surface area contributed by atoms with E-state index in [0.29, 0.717) is 41.4 Å². The summed E-state index contributed by atoms with van der Waals surface area (Å²) in [5.41, 5.74) is 2.36. The van der Waals surface area contributed by atoms with Crippen molar-refractivity contribution in [1.82, 2.24) is 20.4 Å². The summed E-state index contributed by atoms with van der Waals surface area (Å²) < 4.78 is 5.27. The molecular weight excluding hydrogens is 312 g/mol. The number of pyridine rings is 1. The Balaban J connectivity index is 1.73. The van der Waals surface area contributed by atoms with Gasteiger partial charge in [0.25, 0.3) is 11.6 Å². The summed E-state index contributed by atoms with van der Waals surface area (Å²) in [5.74, 6) is -0.767. The topological polar surface area (TPSA) is 109 Å². The van der Waals surface area contributed by atoms with E-state index in [4.69, 9.17) is 4.52 Å².